The van der Waals surface area contributed by atoms with Gasteiger partial charge in [0.1, 0.15) is 0 Å². The first kappa shape index (κ1) is 17.3. The van der Waals surface area contributed by atoms with Gasteiger partial charge in [-0.05, 0) is 43.0 Å². The molecule has 0 fully saturated rings. The van der Waals surface area contributed by atoms with Crippen molar-refractivity contribution in [2.24, 2.45) is 4.40 Å². The van der Waals surface area contributed by atoms with Crippen LogP contribution < -0.4 is 4.80 Å². The predicted molar refractivity (Wildman–Crippen MR) is 101 cm³/mol. The number of benzene rings is 2. The molecule has 3 rings (SSSR count). The summed E-state index contributed by atoms with van der Waals surface area (Å²) in [7, 11) is -3.71. The molecule has 0 saturated heterocycles. The van der Waals surface area contributed by atoms with Crippen molar-refractivity contribution in [1.82, 2.24) is 4.57 Å². The average Bonchev–Trinajstić information content (AvgIpc) is 2.92. The largest absolute Gasteiger partial charge is 0.316 e. The van der Waals surface area contributed by atoms with Crippen molar-refractivity contribution in [2.75, 3.05) is 6.26 Å². The molecular weight excluding hydrogens is 360 g/mol. The molecule has 1 aromatic heterocycles. The number of nitrogens with zero attached hydrogens (tertiary/aromatic N) is 2. The molecule has 0 aliphatic heterocycles. The average molecular weight is 379 g/mol. The highest BCUT2D eigenvalue weighted by Crippen LogP contribution is 2.24. The van der Waals surface area contributed by atoms with Crippen LogP contribution in [0.1, 0.15) is 13.3 Å². The van der Waals surface area contributed by atoms with Crippen molar-refractivity contribution in [3.8, 4) is 0 Å². The smallest absolute Gasteiger partial charge is 0.285 e. The Kier molecular flexibility index (Phi) is 5.12. The van der Waals surface area contributed by atoms with Gasteiger partial charge in [0, 0.05) is 11.4 Å². The number of thioether (sulfide) groups is 1. The van der Waals surface area contributed by atoms with E-state index in [0.29, 0.717) is 4.80 Å². The number of fused-ring (bicyclic) bond motifs is 1. The van der Waals surface area contributed by atoms with Gasteiger partial charge in [-0.25, -0.2) is 0 Å². The minimum absolute atomic E-state index is 0.218. The van der Waals surface area contributed by atoms with E-state index in [1.54, 1.807) is 42.1 Å². The Morgan fingerprint density at radius 2 is 1.92 bits per heavy atom. The fraction of sp³-hybridized carbons (Fsp3) is 0.235. The zero-order valence-corrected chi connectivity index (χ0v) is 15.9. The van der Waals surface area contributed by atoms with Crippen molar-refractivity contribution in [3.05, 3.63) is 53.3 Å². The molecular formula is C17H18N2O2S3. The van der Waals surface area contributed by atoms with Crippen LogP contribution in [-0.2, 0) is 16.6 Å². The molecule has 0 amide bonds. The second kappa shape index (κ2) is 7.13. The van der Waals surface area contributed by atoms with Crippen LogP contribution in [0.3, 0.4) is 0 Å². The second-order valence-corrected chi connectivity index (χ2v) is 8.74. The molecule has 0 atom stereocenters. The molecule has 0 bridgehead atoms. The van der Waals surface area contributed by atoms with E-state index in [1.807, 2.05) is 16.9 Å². The monoisotopic (exact) mass is 378 g/mol. The summed E-state index contributed by atoms with van der Waals surface area (Å²) in [6.07, 6.45) is 2.94. The Bertz CT molecular complexity index is 1020. The lowest BCUT2D eigenvalue weighted by Crippen LogP contribution is -2.17. The molecule has 1 heterocycles. The Labute approximate surface area is 149 Å². The van der Waals surface area contributed by atoms with Gasteiger partial charge in [0.25, 0.3) is 10.0 Å². The molecule has 3 aromatic rings. The Morgan fingerprint density at radius 3 is 2.58 bits per heavy atom. The van der Waals surface area contributed by atoms with Crippen LogP contribution in [0, 0.1) is 0 Å². The summed E-state index contributed by atoms with van der Waals surface area (Å²) in [5.41, 5.74) is 1.03. The maximum absolute atomic E-state index is 12.6. The van der Waals surface area contributed by atoms with E-state index >= 15 is 0 Å². The first-order chi connectivity index (χ1) is 11.5. The number of aromatic nitrogens is 1. The Hall–Kier alpha value is -1.57. The first-order valence-electron chi connectivity index (χ1n) is 7.58. The summed E-state index contributed by atoms with van der Waals surface area (Å²) < 4.78 is 32.3. The molecule has 0 spiro atoms. The Balaban J connectivity index is 2.23. The zero-order chi connectivity index (χ0) is 17.2. The summed E-state index contributed by atoms with van der Waals surface area (Å²) in [5, 5.41) is 0. The van der Waals surface area contributed by atoms with Crippen molar-refractivity contribution >= 4 is 43.3 Å². The van der Waals surface area contributed by atoms with Crippen LogP contribution in [0.2, 0.25) is 0 Å². The zero-order valence-electron chi connectivity index (χ0n) is 13.5. The number of rotatable bonds is 5. The highest BCUT2D eigenvalue weighted by molar-refractivity contribution is 7.98. The van der Waals surface area contributed by atoms with Gasteiger partial charge in [0.05, 0.1) is 15.1 Å². The van der Waals surface area contributed by atoms with E-state index in [9.17, 15) is 8.42 Å². The van der Waals surface area contributed by atoms with Crippen molar-refractivity contribution in [1.29, 1.82) is 0 Å². The van der Waals surface area contributed by atoms with Crippen LogP contribution in [0.25, 0.3) is 10.2 Å². The molecule has 0 saturated carbocycles. The number of thiazole rings is 1. The van der Waals surface area contributed by atoms with Crippen LogP contribution in [0.15, 0.2) is 62.7 Å². The van der Waals surface area contributed by atoms with Crippen LogP contribution >= 0.6 is 23.1 Å². The molecule has 2 aromatic carbocycles. The fourth-order valence-electron chi connectivity index (χ4n) is 2.44. The van der Waals surface area contributed by atoms with Gasteiger partial charge in [-0.2, -0.15) is 8.42 Å². The fourth-order valence-corrected chi connectivity index (χ4v) is 5.27. The topological polar surface area (TPSA) is 51.4 Å². The summed E-state index contributed by atoms with van der Waals surface area (Å²) in [6, 6.07) is 14.5. The predicted octanol–water partition coefficient (Wildman–Crippen LogP) is 4.12. The summed E-state index contributed by atoms with van der Waals surface area (Å²) in [6.45, 7) is 2.81. The first-order valence-corrected chi connectivity index (χ1v) is 11.1. The third-order valence-corrected chi connectivity index (χ3v) is 6.74. The van der Waals surface area contributed by atoms with E-state index in [2.05, 4.69) is 23.5 Å². The lowest BCUT2D eigenvalue weighted by molar-refractivity contribution is 0.594. The van der Waals surface area contributed by atoms with Gasteiger partial charge < -0.3 is 4.57 Å². The number of aryl methyl sites for hydroxylation is 1. The molecule has 24 heavy (non-hydrogen) atoms. The minimum Gasteiger partial charge on any atom is -0.316 e. The van der Waals surface area contributed by atoms with Crippen LogP contribution in [0.4, 0.5) is 0 Å². The van der Waals surface area contributed by atoms with Gasteiger partial charge in [-0.15, -0.1) is 16.2 Å². The molecule has 0 unspecified atom stereocenters. The molecule has 7 heteroatoms. The van der Waals surface area contributed by atoms with Crippen LogP contribution in [-0.4, -0.2) is 19.2 Å². The molecule has 0 radical (unpaired) electrons. The van der Waals surface area contributed by atoms with E-state index in [-0.39, 0.29) is 4.90 Å². The minimum atomic E-state index is -3.71. The number of sulfonamides is 1. The maximum atomic E-state index is 12.6. The third kappa shape index (κ3) is 3.43. The van der Waals surface area contributed by atoms with Crippen molar-refractivity contribution in [3.63, 3.8) is 0 Å². The summed E-state index contributed by atoms with van der Waals surface area (Å²) >= 11 is 3.09. The molecule has 4 nitrogen and oxygen atoms in total. The van der Waals surface area contributed by atoms with Crippen molar-refractivity contribution in [2.45, 2.75) is 29.7 Å². The Morgan fingerprint density at radius 1 is 1.17 bits per heavy atom. The SMILES string of the molecule is CCCn1/c(=N/S(=O)(=O)c2ccccc2)sc2cc(SC)ccc21. The van der Waals surface area contributed by atoms with E-state index in [1.165, 1.54) is 11.3 Å². The molecule has 0 aliphatic rings. The van der Waals surface area contributed by atoms with E-state index in [0.717, 1.165) is 28.1 Å². The van der Waals surface area contributed by atoms with Crippen LogP contribution in [0.5, 0.6) is 0 Å². The lowest BCUT2D eigenvalue weighted by atomic mass is 10.3. The highest BCUT2D eigenvalue weighted by Gasteiger charge is 2.14. The molecule has 0 aliphatic carbocycles. The van der Waals surface area contributed by atoms with E-state index in [4.69, 9.17) is 0 Å². The lowest BCUT2D eigenvalue weighted by Gasteiger charge is -2.03. The highest BCUT2D eigenvalue weighted by atomic mass is 32.2. The quantitative estimate of drug-likeness (QED) is 0.628. The molecule has 126 valence electrons. The van der Waals surface area contributed by atoms with E-state index < -0.39 is 10.0 Å². The number of hydrogen-bond donors (Lipinski definition) is 0. The summed E-state index contributed by atoms with van der Waals surface area (Å²) in [5.74, 6) is 0. The van der Waals surface area contributed by atoms with Gasteiger partial charge in [-0.1, -0.05) is 36.5 Å². The standard InChI is InChI=1S/C17H18N2O2S3/c1-3-11-19-15-10-9-13(22-2)12-16(15)23-17(19)18-24(20,21)14-7-5-4-6-8-14/h4-10,12H,3,11H2,1-2H3/b18-17-. The maximum Gasteiger partial charge on any atom is 0.285 e. The van der Waals surface area contributed by atoms with Gasteiger partial charge in [-0.3, -0.25) is 0 Å². The number of hydrogen-bond acceptors (Lipinski definition) is 4. The van der Waals surface area contributed by atoms with Gasteiger partial charge >= 0.3 is 0 Å². The normalized spacial score (nSPS) is 12.8. The third-order valence-electron chi connectivity index (χ3n) is 3.58. The second-order valence-electron chi connectivity index (χ2n) is 5.25. The molecule has 0 N–H and O–H groups in total. The van der Waals surface area contributed by atoms with Gasteiger partial charge in [0.2, 0.25) is 4.80 Å². The summed E-state index contributed by atoms with van der Waals surface area (Å²) in [4.78, 5) is 1.90. The van der Waals surface area contributed by atoms with Crippen molar-refractivity contribution < 1.29 is 8.42 Å². The van der Waals surface area contributed by atoms with Gasteiger partial charge in [0.15, 0.2) is 0 Å².